The summed E-state index contributed by atoms with van der Waals surface area (Å²) in [5.74, 6) is 0.714. The summed E-state index contributed by atoms with van der Waals surface area (Å²) in [5, 5.41) is 34.3. The smallest absolute Gasteiger partial charge is 0.156 e. The Morgan fingerprint density at radius 3 is 2.79 bits per heavy atom. The van der Waals surface area contributed by atoms with Crippen LogP contribution in [-0.4, -0.2) is 21.2 Å². The molecule has 7 heteroatoms. The van der Waals surface area contributed by atoms with E-state index in [0.29, 0.717) is 29.1 Å². The highest BCUT2D eigenvalue weighted by Gasteiger charge is 2.26. The van der Waals surface area contributed by atoms with Crippen molar-refractivity contribution in [2.24, 2.45) is 0 Å². The molecule has 3 heterocycles. The van der Waals surface area contributed by atoms with E-state index in [4.69, 9.17) is 0 Å². The molecule has 0 bridgehead atoms. The van der Waals surface area contributed by atoms with E-state index >= 15 is 0 Å². The lowest BCUT2D eigenvalue weighted by Gasteiger charge is -2.25. The number of hydrogen-bond donors (Lipinski definition) is 3. The van der Waals surface area contributed by atoms with Gasteiger partial charge in [-0.05, 0) is 43.2 Å². The second kappa shape index (κ2) is 7.49. The Bertz CT molecular complexity index is 1220. The topological polar surface area (TPSA) is 113 Å². The van der Waals surface area contributed by atoms with E-state index in [1.54, 1.807) is 12.4 Å². The standard InChI is InChI=1S/C22H19N7/c1-13-18(9-23)21(19(10-24)14(2)27-13)16-5-6-20-17(8-16)22(29-28-20)26-12-15-4-3-7-25-11-15/h3-8,11,13,27H,12H2,1-2H3,(H2,26,28,29). The number of anilines is 1. The minimum atomic E-state index is -0.157. The molecule has 142 valence electrons. The average molecular weight is 381 g/mol. The van der Waals surface area contributed by atoms with Gasteiger partial charge >= 0.3 is 0 Å². The number of nitrogens with one attached hydrogen (secondary N) is 3. The van der Waals surface area contributed by atoms with Gasteiger partial charge in [-0.15, -0.1) is 0 Å². The second-order valence-electron chi connectivity index (χ2n) is 6.93. The summed E-state index contributed by atoms with van der Waals surface area (Å²) in [7, 11) is 0. The van der Waals surface area contributed by atoms with Crippen LogP contribution in [0.5, 0.6) is 0 Å². The molecule has 1 aromatic carbocycles. The van der Waals surface area contributed by atoms with Gasteiger partial charge in [0.25, 0.3) is 0 Å². The van der Waals surface area contributed by atoms with E-state index in [0.717, 1.165) is 27.7 Å². The number of fused-ring (bicyclic) bond motifs is 1. The Kier molecular flexibility index (Phi) is 4.72. The molecule has 3 N–H and O–H groups in total. The van der Waals surface area contributed by atoms with Crippen molar-refractivity contribution in [3.8, 4) is 12.1 Å². The lowest BCUT2D eigenvalue weighted by molar-refractivity contribution is 0.696. The van der Waals surface area contributed by atoms with Crippen LogP contribution < -0.4 is 10.6 Å². The van der Waals surface area contributed by atoms with E-state index in [1.807, 2.05) is 44.2 Å². The monoisotopic (exact) mass is 381 g/mol. The van der Waals surface area contributed by atoms with Crippen LogP contribution in [0.1, 0.15) is 25.0 Å². The first-order valence-electron chi connectivity index (χ1n) is 9.25. The van der Waals surface area contributed by atoms with E-state index in [2.05, 4.69) is 38.0 Å². The molecule has 0 amide bonds. The number of benzene rings is 1. The van der Waals surface area contributed by atoms with Crippen molar-refractivity contribution in [2.45, 2.75) is 26.4 Å². The normalized spacial score (nSPS) is 16.3. The largest absolute Gasteiger partial charge is 0.380 e. The zero-order valence-corrected chi connectivity index (χ0v) is 16.1. The molecular weight excluding hydrogens is 362 g/mol. The maximum Gasteiger partial charge on any atom is 0.156 e. The molecule has 4 rings (SSSR count). The molecule has 7 nitrogen and oxygen atoms in total. The van der Waals surface area contributed by atoms with Crippen molar-refractivity contribution in [1.82, 2.24) is 20.5 Å². The van der Waals surface area contributed by atoms with Crippen LogP contribution >= 0.6 is 0 Å². The van der Waals surface area contributed by atoms with Crippen LogP contribution in [0, 0.1) is 22.7 Å². The van der Waals surface area contributed by atoms with Crippen LogP contribution in [0.4, 0.5) is 5.82 Å². The summed E-state index contributed by atoms with van der Waals surface area (Å²) in [6.07, 6.45) is 3.54. The molecular formula is C22H19N7. The molecule has 0 saturated heterocycles. The highest BCUT2D eigenvalue weighted by molar-refractivity contribution is 5.96. The first kappa shape index (κ1) is 18.3. The van der Waals surface area contributed by atoms with E-state index in [9.17, 15) is 10.5 Å². The average Bonchev–Trinajstić information content (AvgIpc) is 3.14. The van der Waals surface area contributed by atoms with Gasteiger partial charge in [-0.3, -0.25) is 10.1 Å². The van der Waals surface area contributed by atoms with Gasteiger partial charge < -0.3 is 10.6 Å². The van der Waals surface area contributed by atoms with Gasteiger partial charge in [-0.1, -0.05) is 12.1 Å². The van der Waals surface area contributed by atoms with Crippen molar-refractivity contribution in [3.63, 3.8) is 0 Å². The Morgan fingerprint density at radius 1 is 1.21 bits per heavy atom. The molecule has 0 radical (unpaired) electrons. The summed E-state index contributed by atoms with van der Waals surface area (Å²) in [4.78, 5) is 4.13. The minimum absolute atomic E-state index is 0.157. The Morgan fingerprint density at radius 2 is 2.07 bits per heavy atom. The maximum absolute atomic E-state index is 9.71. The first-order chi connectivity index (χ1) is 14.1. The van der Waals surface area contributed by atoms with E-state index < -0.39 is 0 Å². The molecule has 3 aromatic rings. The fraction of sp³-hybridized carbons (Fsp3) is 0.182. The molecule has 2 aromatic heterocycles. The summed E-state index contributed by atoms with van der Waals surface area (Å²) >= 11 is 0. The van der Waals surface area contributed by atoms with Crippen molar-refractivity contribution < 1.29 is 0 Å². The fourth-order valence-corrected chi connectivity index (χ4v) is 3.59. The quantitative estimate of drug-likeness (QED) is 0.636. The molecule has 0 aliphatic carbocycles. The number of pyridine rings is 1. The molecule has 29 heavy (non-hydrogen) atoms. The first-order valence-corrected chi connectivity index (χ1v) is 9.25. The van der Waals surface area contributed by atoms with Gasteiger partial charge in [-0.2, -0.15) is 15.6 Å². The van der Waals surface area contributed by atoms with Gasteiger partial charge in [-0.25, -0.2) is 0 Å². The SMILES string of the molecule is CC1=C(C#N)C(c2ccc3[nH]nc(NCc4cccnc4)c3c2)=C(C#N)C(C)N1. The van der Waals surface area contributed by atoms with Crippen molar-refractivity contribution in [1.29, 1.82) is 10.5 Å². The lowest BCUT2D eigenvalue weighted by atomic mass is 9.86. The van der Waals surface area contributed by atoms with E-state index in [-0.39, 0.29) is 6.04 Å². The number of rotatable bonds is 4. The number of aromatic nitrogens is 3. The summed E-state index contributed by atoms with van der Waals surface area (Å²) in [6, 6.07) is 14.1. The molecule has 1 aliphatic heterocycles. The van der Waals surface area contributed by atoms with Crippen molar-refractivity contribution in [3.05, 3.63) is 70.7 Å². The predicted molar refractivity (Wildman–Crippen MR) is 111 cm³/mol. The van der Waals surface area contributed by atoms with Crippen molar-refractivity contribution in [2.75, 3.05) is 5.32 Å². The molecule has 0 saturated carbocycles. The molecule has 1 atom stereocenters. The van der Waals surface area contributed by atoms with Gasteiger partial charge in [0.05, 0.1) is 28.8 Å². The molecule has 0 spiro atoms. The third-order valence-corrected chi connectivity index (χ3v) is 5.03. The van der Waals surface area contributed by atoms with E-state index in [1.165, 1.54) is 0 Å². The maximum atomic E-state index is 9.71. The number of hydrogen-bond acceptors (Lipinski definition) is 6. The summed E-state index contributed by atoms with van der Waals surface area (Å²) in [5.41, 5.74) is 5.25. The number of H-pyrrole nitrogens is 1. The third kappa shape index (κ3) is 3.30. The number of aromatic amines is 1. The van der Waals surface area contributed by atoms with Crippen LogP contribution in [-0.2, 0) is 6.54 Å². The zero-order valence-electron chi connectivity index (χ0n) is 16.1. The number of dihydropyridines is 1. The van der Waals surface area contributed by atoms with Crippen LogP contribution in [0.2, 0.25) is 0 Å². The summed E-state index contributed by atoms with van der Waals surface area (Å²) in [6.45, 7) is 4.38. The third-order valence-electron chi connectivity index (χ3n) is 5.03. The lowest BCUT2D eigenvalue weighted by Crippen LogP contribution is -2.31. The van der Waals surface area contributed by atoms with Crippen LogP contribution in [0.15, 0.2) is 59.6 Å². The predicted octanol–water partition coefficient (Wildman–Crippen LogP) is 3.64. The summed E-state index contributed by atoms with van der Waals surface area (Å²) < 4.78 is 0. The Hall–Kier alpha value is -4.10. The molecule has 1 unspecified atom stereocenters. The van der Waals surface area contributed by atoms with Gasteiger partial charge in [0.1, 0.15) is 6.07 Å². The van der Waals surface area contributed by atoms with Crippen LogP contribution in [0.25, 0.3) is 16.5 Å². The van der Waals surface area contributed by atoms with Crippen molar-refractivity contribution >= 4 is 22.3 Å². The highest BCUT2D eigenvalue weighted by atomic mass is 15.2. The Balaban J connectivity index is 1.77. The number of nitriles is 2. The zero-order chi connectivity index (χ0) is 20.4. The highest BCUT2D eigenvalue weighted by Crippen LogP contribution is 2.35. The Labute approximate surface area is 168 Å². The fourth-order valence-electron chi connectivity index (χ4n) is 3.59. The van der Waals surface area contributed by atoms with Crippen LogP contribution in [0.3, 0.4) is 0 Å². The minimum Gasteiger partial charge on any atom is -0.380 e. The molecule has 1 aliphatic rings. The van der Waals surface area contributed by atoms with Gasteiger partial charge in [0.2, 0.25) is 0 Å². The molecule has 0 fully saturated rings. The number of allylic oxidation sites excluding steroid dienone is 3. The van der Waals surface area contributed by atoms with Gasteiger partial charge in [0.15, 0.2) is 5.82 Å². The number of nitrogens with zero attached hydrogens (tertiary/aromatic N) is 4. The van der Waals surface area contributed by atoms with Gasteiger partial charge in [0, 0.05) is 35.6 Å². The second-order valence-corrected chi connectivity index (χ2v) is 6.93.